The predicted molar refractivity (Wildman–Crippen MR) is 76.4 cm³/mol. The van der Waals surface area contributed by atoms with E-state index in [-0.39, 0.29) is 13.1 Å². The van der Waals surface area contributed by atoms with Gasteiger partial charge in [-0.1, -0.05) is 27.7 Å². The lowest BCUT2D eigenvalue weighted by Crippen LogP contribution is -2.39. The summed E-state index contributed by atoms with van der Waals surface area (Å²) in [4.78, 5) is 11.3. The minimum absolute atomic E-state index is 0.248. The minimum Gasteiger partial charge on any atom is -0.335 e. The molecule has 0 N–H and O–H groups in total. The molecule has 1 amide bonds. The highest BCUT2D eigenvalue weighted by Crippen LogP contribution is 2.21. The van der Waals surface area contributed by atoms with Crippen molar-refractivity contribution < 1.29 is 30.6 Å². The molecule has 1 heterocycles. The van der Waals surface area contributed by atoms with E-state index in [0.29, 0.717) is 12.8 Å². The number of halogens is 3. The van der Waals surface area contributed by atoms with Crippen LogP contribution in [0.25, 0.3) is 0 Å². The number of nitrogens with zero attached hydrogens (tertiary/aromatic N) is 1. The second-order valence-corrected chi connectivity index (χ2v) is 5.11. The van der Waals surface area contributed by atoms with Crippen LogP contribution in [0.4, 0.5) is 13.2 Å². The van der Waals surface area contributed by atoms with Gasteiger partial charge in [-0.15, -0.1) is 0 Å². The number of rotatable bonds is 1. The van der Waals surface area contributed by atoms with Gasteiger partial charge in [0.2, 0.25) is 0 Å². The molecule has 0 atom stereocenters. The standard InChI is InChI=1S/C6H8F3NO.C2H6O3S.2C2H6/c7-6(8,9)5(11)10-3-1-2-4-10;1-5-6(2,3)4;2*1-2/h1-4H2;1-2H3;2*1-2H3. The molecule has 1 aliphatic rings. The Labute approximate surface area is 125 Å². The maximum atomic E-state index is 11.7. The second kappa shape index (κ2) is 12.9. The van der Waals surface area contributed by atoms with E-state index in [0.717, 1.165) is 18.3 Å². The van der Waals surface area contributed by atoms with Crippen molar-refractivity contribution in [3.05, 3.63) is 0 Å². The molecule has 0 aliphatic carbocycles. The Morgan fingerprint density at radius 2 is 1.33 bits per heavy atom. The highest BCUT2D eigenvalue weighted by molar-refractivity contribution is 7.85. The maximum absolute atomic E-state index is 11.7. The van der Waals surface area contributed by atoms with Crippen molar-refractivity contribution in [3.63, 3.8) is 0 Å². The van der Waals surface area contributed by atoms with Gasteiger partial charge < -0.3 is 4.90 Å². The molecule has 1 fully saturated rings. The Balaban J connectivity index is -0.000000277. The van der Waals surface area contributed by atoms with Crippen LogP contribution < -0.4 is 0 Å². The van der Waals surface area contributed by atoms with E-state index < -0.39 is 22.2 Å². The largest absolute Gasteiger partial charge is 0.471 e. The summed E-state index contributed by atoms with van der Waals surface area (Å²) in [6.07, 6.45) is -2.33. The average Bonchev–Trinajstić information content (AvgIpc) is 2.95. The number of alkyl halides is 3. The van der Waals surface area contributed by atoms with Gasteiger partial charge >= 0.3 is 12.1 Å². The van der Waals surface area contributed by atoms with Gasteiger partial charge in [0.15, 0.2) is 0 Å². The first-order valence-electron chi connectivity index (χ1n) is 6.69. The highest BCUT2D eigenvalue weighted by Gasteiger charge is 2.42. The smallest absolute Gasteiger partial charge is 0.335 e. The molecule has 0 radical (unpaired) electrons. The molecule has 5 nitrogen and oxygen atoms in total. The topological polar surface area (TPSA) is 63.7 Å². The molecule has 1 saturated heterocycles. The van der Waals surface area contributed by atoms with E-state index in [2.05, 4.69) is 4.18 Å². The third-order valence-electron chi connectivity index (χ3n) is 1.94. The van der Waals surface area contributed by atoms with Gasteiger partial charge in [-0.25, -0.2) is 0 Å². The molecule has 9 heteroatoms. The van der Waals surface area contributed by atoms with Crippen molar-refractivity contribution in [2.45, 2.75) is 46.7 Å². The van der Waals surface area contributed by atoms with Crippen LogP contribution >= 0.6 is 0 Å². The Kier molecular flexibility index (Phi) is 15.4. The third-order valence-corrected chi connectivity index (χ3v) is 2.54. The highest BCUT2D eigenvalue weighted by atomic mass is 32.2. The summed E-state index contributed by atoms with van der Waals surface area (Å²) >= 11 is 0. The molecule has 1 aliphatic heterocycles. The molecule has 130 valence electrons. The van der Waals surface area contributed by atoms with Crippen molar-refractivity contribution in [3.8, 4) is 0 Å². The Bertz CT molecular complexity index is 350. The fourth-order valence-corrected chi connectivity index (χ4v) is 1.10. The molecule has 21 heavy (non-hydrogen) atoms. The zero-order chi connectivity index (χ0) is 17.7. The molecule has 0 aromatic heterocycles. The van der Waals surface area contributed by atoms with Crippen molar-refractivity contribution >= 4 is 16.0 Å². The minimum atomic E-state index is -4.69. The number of carbonyl (C=O) groups excluding carboxylic acids is 1. The summed E-state index contributed by atoms with van der Waals surface area (Å²) in [5.41, 5.74) is 0. The zero-order valence-corrected chi connectivity index (χ0v) is 14.3. The summed E-state index contributed by atoms with van der Waals surface area (Å²) in [6.45, 7) is 8.50. The molecule has 0 aromatic rings. The number of hydrogen-bond acceptors (Lipinski definition) is 4. The predicted octanol–water partition coefficient (Wildman–Crippen LogP) is 2.82. The second-order valence-electron chi connectivity index (χ2n) is 3.37. The van der Waals surface area contributed by atoms with Crippen LogP contribution in [0.2, 0.25) is 0 Å². The molecule has 0 saturated carbocycles. The quantitative estimate of drug-likeness (QED) is 0.690. The molecule has 1 rings (SSSR count). The van der Waals surface area contributed by atoms with E-state index in [1.165, 1.54) is 0 Å². The first-order valence-corrected chi connectivity index (χ1v) is 8.51. The van der Waals surface area contributed by atoms with Crippen LogP contribution in [0.3, 0.4) is 0 Å². The van der Waals surface area contributed by atoms with Gasteiger partial charge in [0, 0.05) is 13.1 Å². The van der Waals surface area contributed by atoms with Gasteiger partial charge in [0.25, 0.3) is 10.1 Å². The van der Waals surface area contributed by atoms with Crippen molar-refractivity contribution in [1.29, 1.82) is 0 Å². The van der Waals surface area contributed by atoms with Gasteiger partial charge in [-0.05, 0) is 12.8 Å². The fraction of sp³-hybridized carbons (Fsp3) is 0.917. The van der Waals surface area contributed by atoms with Crippen LogP contribution in [0.1, 0.15) is 40.5 Å². The van der Waals surface area contributed by atoms with E-state index in [9.17, 15) is 26.4 Å². The monoisotopic (exact) mass is 337 g/mol. The van der Waals surface area contributed by atoms with Crippen molar-refractivity contribution in [2.24, 2.45) is 0 Å². The molecular formula is C12H26F3NO4S. The summed E-state index contributed by atoms with van der Waals surface area (Å²) in [5.74, 6) is -1.70. The lowest BCUT2D eigenvalue weighted by molar-refractivity contribution is -0.184. The fourth-order valence-electron chi connectivity index (χ4n) is 1.10. The van der Waals surface area contributed by atoms with Crippen molar-refractivity contribution in [1.82, 2.24) is 4.90 Å². The van der Waals surface area contributed by atoms with Crippen LogP contribution in [0.5, 0.6) is 0 Å². The molecule has 0 aromatic carbocycles. The van der Waals surface area contributed by atoms with Crippen LogP contribution in [0.15, 0.2) is 0 Å². The number of carbonyl (C=O) groups is 1. The zero-order valence-electron chi connectivity index (χ0n) is 13.5. The lowest BCUT2D eigenvalue weighted by Gasteiger charge is -2.16. The van der Waals surface area contributed by atoms with E-state index >= 15 is 0 Å². The summed E-state index contributed by atoms with van der Waals surface area (Å²) in [6, 6.07) is 0. The molecule has 0 spiro atoms. The Hall–Kier alpha value is -0.830. The van der Waals surface area contributed by atoms with Gasteiger partial charge in [0.1, 0.15) is 0 Å². The summed E-state index contributed by atoms with van der Waals surface area (Å²) in [7, 11) is -2.04. The summed E-state index contributed by atoms with van der Waals surface area (Å²) in [5, 5.41) is 0. The first-order chi connectivity index (χ1) is 9.58. The maximum Gasteiger partial charge on any atom is 0.471 e. The third kappa shape index (κ3) is 15.4. The van der Waals surface area contributed by atoms with Gasteiger partial charge in [0.05, 0.1) is 13.4 Å². The van der Waals surface area contributed by atoms with Crippen LogP contribution in [0, 0.1) is 0 Å². The van der Waals surface area contributed by atoms with E-state index in [1.54, 1.807) is 0 Å². The first kappa shape index (κ1) is 25.1. The Morgan fingerprint density at radius 3 is 1.52 bits per heavy atom. The van der Waals surface area contributed by atoms with E-state index in [1.807, 2.05) is 27.7 Å². The molecular weight excluding hydrogens is 311 g/mol. The molecule has 0 bridgehead atoms. The number of amides is 1. The van der Waals surface area contributed by atoms with Crippen LogP contribution in [-0.2, 0) is 19.1 Å². The normalized spacial score (nSPS) is 13.9. The number of hydrogen-bond donors (Lipinski definition) is 0. The number of likely N-dealkylation sites (tertiary alicyclic amines) is 1. The van der Waals surface area contributed by atoms with Gasteiger partial charge in [-0.2, -0.15) is 21.6 Å². The SMILES string of the molecule is CC.CC.COS(C)(=O)=O.O=C(N1CCCC1)C(F)(F)F. The Morgan fingerprint density at radius 1 is 1.05 bits per heavy atom. The molecule has 0 unspecified atom stereocenters. The lowest BCUT2D eigenvalue weighted by atomic mass is 10.4. The van der Waals surface area contributed by atoms with Crippen molar-refractivity contribution in [2.75, 3.05) is 26.5 Å². The van der Waals surface area contributed by atoms with E-state index in [4.69, 9.17) is 0 Å². The van der Waals surface area contributed by atoms with Crippen LogP contribution in [-0.4, -0.2) is 51.9 Å². The summed E-state index contributed by atoms with van der Waals surface area (Å²) < 4.78 is 58.6. The average molecular weight is 337 g/mol. The van der Waals surface area contributed by atoms with Gasteiger partial charge in [-0.3, -0.25) is 8.98 Å².